The van der Waals surface area contributed by atoms with E-state index < -0.39 is 0 Å². The first kappa shape index (κ1) is 8.55. The Morgan fingerprint density at radius 3 is 2.83 bits per heavy atom. The minimum atomic E-state index is 0.683. The second kappa shape index (κ2) is 3.02. The molecule has 70 valence electrons. The Morgan fingerprint density at radius 1 is 1.25 bits per heavy atom. The summed E-state index contributed by atoms with van der Waals surface area (Å²) in [6.07, 6.45) is 7.28. The number of hydrogen-bond donors (Lipinski definition) is 1. The first-order valence-corrected chi connectivity index (χ1v) is 5.46. The molecule has 0 aromatic rings. The third-order valence-corrected chi connectivity index (χ3v) is 4.17. The SMILES string of the molecule is CC1NCCC2(C)CCCCC12. The largest absolute Gasteiger partial charge is 0.314 e. The summed E-state index contributed by atoms with van der Waals surface area (Å²) < 4.78 is 0. The summed E-state index contributed by atoms with van der Waals surface area (Å²) >= 11 is 0. The fourth-order valence-corrected chi connectivity index (χ4v) is 3.32. The van der Waals surface area contributed by atoms with Gasteiger partial charge in [0, 0.05) is 6.04 Å². The van der Waals surface area contributed by atoms with E-state index in [4.69, 9.17) is 0 Å². The van der Waals surface area contributed by atoms with Crippen LogP contribution in [0.5, 0.6) is 0 Å². The molecule has 1 aliphatic heterocycles. The standard InChI is InChI=1S/C11H21N/c1-9-10-5-3-4-6-11(10,2)7-8-12-9/h9-10,12H,3-8H2,1-2H3. The molecule has 1 heteroatoms. The van der Waals surface area contributed by atoms with Gasteiger partial charge in [-0.3, -0.25) is 0 Å². The topological polar surface area (TPSA) is 12.0 Å². The van der Waals surface area contributed by atoms with Crippen molar-refractivity contribution in [3.63, 3.8) is 0 Å². The summed E-state index contributed by atoms with van der Waals surface area (Å²) in [7, 11) is 0. The van der Waals surface area contributed by atoms with Gasteiger partial charge in [-0.1, -0.05) is 19.8 Å². The third-order valence-electron chi connectivity index (χ3n) is 4.17. The van der Waals surface area contributed by atoms with E-state index in [-0.39, 0.29) is 0 Å². The van der Waals surface area contributed by atoms with E-state index in [2.05, 4.69) is 19.2 Å². The van der Waals surface area contributed by atoms with E-state index in [0.717, 1.165) is 12.0 Å². The number of piperidine rings is 1. The van der Waals surface area contributed by atoms with Gasteiger partial charge in [0.2, 0.25) is 0 Å². The lowest BCUT2D eigenvalue weighted by atomic mass is 9.61. The van der Waals surface area contributed by atoms with Crippen LogP contribution in [0.2, 0.25) is 0 Å². The molecule has 1 saturated heterocycles. The van der Waals surface area contributed by atoms with E-state index in [0.29, 0.717) is 5.41 Å². The van der Waals surface area contributed by atoms with Gasteiger partial charge in [0.05, 0.1) is 0 Å². The normalized spacial score (nSPS) is 48.5. The Labute approximate surface area is 75.9 Å². The molecule has 0 amide bonds. The van der Waals surface area contributed by atoms with Gasteiger partial charge in [0.25, 0.3) is 0 Å². The molecule has 2 fully saturated rings. The van der Waals surface area contributed by atoms with Gasteiger partial charge in [-0.2, -0.15) is 0 Å². The van der Waals surface area contributed by atoms with Crippen molar-refractivity contribution in [3.05, 3.63) is 0 Å². The summed E-state index contributed by atoms with van der Waals surface area (Å²) in [5.74, 6) is 0.958. The smallest absolute Gasteiger partial charge is 0.00722 e. The van der Waals surface area contributed by atoms with Gasteiger partial charge in [0.1, 0.15) is 0 Å². The summed E-state index contributed by atoms with van der Waals surface area (Å²) in [5, 5.41) is 3.61. The molecule has 2 aliphatic rings. The van der Waals surface area contributed by atoms with Gasteiger partial charge in [0.15, 0.2) is 0 Å². The van der Waals surface area contributed by atoms with Crippen LogP contribution in [0.3, 0.4) is 0 Å². The lowest BCUT2D eigenvalue weighted by molar-refractivity contribution is 0.0462. The molecule has 0 spiro atoms. The molecule has 1 aliphatic carbocycles. The molecular weight excluding hydrogens is 146 g/mol. The Bertz CT molecular complexity index is 162. The van der Waals surface area contributed by atoms with Crippen LogP contribution in [0, 0.1) is 11.3 Å². The quantitative estimate of drug-likeness (QED) is 0.584. The zero-order valence-corrected chi connectivity index (χ0v) is 8.40. The highest BCUT2D eigenvalue weighted by atomic mass is 14.9. The third kappa shape index (κ3) is 1.28. The van der Waals surface area contributed by atoms with E-state index >= 15 is 0 Å². The Hall–Kier alpha value is -0.0400. The van der Waals surface area contributed by atoms with Crippen LogP contribution in [-0.4, -0.2) is 12.6 Å². The minimum Gasteiger partial charge on any atom is -0.314 e. The van der Waals surface area contributed by atoms with E-state index in [1.165, 1.54) is 38.6 Å². The van der Waals surface area contributed by atoms with Crippen LogP contribution >= 0.6 is 0 Å². The second-order valence-corrected chi connectivity index (χ2v) is 5.00. The first-order valence-electron chi connectivity index (χ1n) is 5.46. The lowest BCUT2D eigenvalue weighted by Gasteiger charge is -2.48. The average Bonchev–Trinajstić information content (AvgIpc) is 2.04. The molecule has 12 heavy (non-hydrogen) atoms. The van der Waals surface area contributed by atoms with Crippen LogP contribution in [0.25, 0.3) is 0 Å². The maximum atomic E-state index is 3.61. The zero-order chi connectivity index (χ0) is 8.60. The molecule has 2 rings (SSSR count). The molecule has 0 aromatic carbocycles. The van der Waals surface area contributed by atoms with Gasteiger partial charge in [-0.15, -0.1) is 0 Å². The number of rotatable bonds is 0. The molecule has 1 N–H and O–H groups in total. The Kier molecular flexibility index (Phi) is 2.16. The lowest BCUT2D eigenvalue weighted by Crippen LogP contribution is -2.50. The molecular formula is C11H21N. The fourth-order valence-electron chi connectivity index (χ4n) is 3.32. The summed E-state index contributed by atoms with van der Waals surface area (Å²) in [6.45, 7) is 6.12. The van der Waals surface area contributed by atoms with Crippen LogP contribution in [0.4, 0.5) is 0 Å². The van der Waals surface area contributed by atoms with Crippen molar-refractivity contribution in [1.82, 2.24) is 5.32 Å². The highest BCUT2D eigenvalue weighted by Gasteiger charge is 2.41. The number of fused-ring (bicyclic) bond motifs is 1. The van der Waals surface area contributed by atoms with Gasteiger partial charge in [-0.25, -0.2) is 0 Å². The van der Waals surface area contributed by atoms with E-state index in [1.54, 1.807) is 0 Å². The molecule has 3 atom stereocenters. The molecule has 1 nitrogen and oxygen atoms in total. The van der Waals surface area contributed by atoms with Gasteiger partial charge < -0.3 is 5.32 Å². The van der Waals surface area contributed by atoms with Crippen molar-refractivity contribution in [2.24, 2.45) is 11.3 Å². The van der Waals surface area contributed by atoms with E-state index in [9.17, 15) is 0 Å². The first-order chi connectivity index (χ1) is 5.72. The Balaban J connectivity index is 2.12. The maximum Gasteiger partial charge on any atom is 0.00722 e. The van der Waals surface area contributed by atoms with Crippen molar-refractivity contribution >= 4 is 0 Å². The maximum absolute atomic E-state index is 3.61. The van der Waals surface area contributed by atoms with Crippen molar-refractivity contribution in [1.29, 1.82) is 0 Å². The molecule has 0 aromatic heterocycles. The van der Waals surface area contributed by atoms with E-state index in [1.807, 2.05) is 0 Å². The van der Waals surface area contributed by atoms with Crippen LogP contribution in [-0.2, 0) is 0 Å². The summed E-state index contributed by atoms with van der Waals surface area (Å²) in [6, 6.07) is 0.768. The van der Waals surface area contributed by atoms with Crippen LogP contribution in [0.1, 0.15) is 46.0 Å². The second-order valence-electron chi connectivity index (χ2n) is 5.00. The molecule has 1 saturated carbocycles. The monoisotopic (exact) mass is 167 g/mol. The summed E-state index contributed by atoms with van der Waals surface area (Å²) in [4.78, 5) is 0. The fraction of sp³-hybridized carbons (Fsp3) is 1.00. The minimum absolute atomic E-state index is 0.683. The predicted molar refractivity (Wildman–Crippen MR) is 52.1 cm³/mol. The van der Waals surface area contributed by atoms with Crippen LogP contribution < -0.4 is 5.32 Å². The van der Waals surface area contributed by atoms with Gasteiger partial charge in [-0.05, 0) is 44.1 Å². The number of hydrogen-bond acceptors (Lipinski definition) is 1. The summed E-state index contributed by atoms with van der Waals surface area (Å²) in [5.41, 5.74) is 0.683. The van der Waals surface area contributed by atoms with Crippen molar-refractivity contribution < 1.29 is 0 Å². The molecule has 0 radical (unpaired) electrons. The molecule has 1 heterocycles. The van der Waals surface area contributed by atoms with Crippen molar-refractivity contribution in [2.75, 3.05) is 6.54 Å². The Morgan fingerprint density at radius 2 is 2.08 bits per heavy atom. The van der Waals surface area contributed by atoms with Gasteiger partial charge >= 0.3 is 0 Å². The van der Waals surface area contributed by atoms with Crippen LogP contribution in [0.15, 0.2) is 0 Å². The zero-order valence-electron chi connectivity index (χ0n) is 8.40. The van der Waals surface area contributed by atoms with Crippen molar-refractivity contribution in [2.45, 2.75) is 52.0 Å². The highest BCUT2D eigenvalue weighted by molar-refractivity contribution is 4.95. The number of nitrogens with one attached hydrogen (secondary N) is 1. The molecule has 0 bridgehead atoms. The van der Waals surface area contributed by atoms with Crippen molar-refractivity contribution in [3.8, 4) is 0 Å². The predicted octanol–water partition coefficient (Wildman–Crippen LogP) is 2.56. The molecule has 3 unspecified atom stereocenters. The average molecular weight is 167 g/mol. The highest BCUT2D eigenvalue weighted by Crippen LogP contribution is 2.46.